The molecule has 0 aliphatic heterocycles. The molecule has 0 fully saturated rings. The number of rotatable bonds is 6. The summed E-state index contributed by atoms with van der Waals surface area (Å²) >= 11 is 0. The van der Waals surface area contributed by atoms with Gasteiger partial charge in [-0.2, -0.15) is 5.10 Å². The number of aromatic nitrogens is 2. The molecule has 0 aliphatic rings. The van der Waals surface area contributed by atoms with E-state index in [4.69, 9.17) is 4.42 Å². The number of nitrogens with zero attached hydrogens (tertiary/aromatic N) is 2. The number of aromatic amines is 1. The van der Waals surface area contributed by atoms with Crippen LogP contribution >= 0.6 is 0 Å². The lowest BCUT2D eigenvalue weighted by molar-refractivity contribution is 0.301. The second-order valence-corrected chi connectivity index (χ2v) is 4.96. The lowest BCUT2D eigenvalue weighted by Crippen LogP contribution is -2.20. The normalized spacial score (nSPS) is 13.1. The highest BCUT2D eigenvalue weighted by Crippen LogP contribution is 2.21. The van der Waals surface area contributed by atoms with Gasteiger partial charge in [0.25, 0.3) is 0 Å². The van der Waals surface area contributed by atoms with Crippen LogP contribution in [0.2, 0.25) is 0 Å². The van der Waals surface area contributed by atoms with E-state index in [-0.39, 0.29) is 0 Å². The first-order valence-corrected chi connectivity index (χ1v) is 6.38. The standard InChI is InChI=1S/C14H21N3O/c1-11(14-5-4-12(2)18-14)7-9-17(3)10-13-6-8-15-16-13/h4-6,8,11H,7,9-10H2,1-3H3,(H,15,16)/t11-/m0/s1. The molecule has 0 radical (unpaired) electrons. The molecule has 0 amide bonds. The van der Waals surface area contributed by atoms with Crippen molar-refractivity contribution in [3.63, 3.8) is 0 Å². The maximum atomic E-state index is 5.65. The first kappa shape index (κ1) is 12.9. The van der Waals surface area contributed by atoms with E-state index in [2.05, 4.69) is 35.1 Å². The highest BCUT2D eigenvalue weighted by Gasteiger charge is 2.11. The Morgan fingerprint density at radius 1 is 1.39 bits per heavy atom. The summed E-state index contributed by atoms with van der Waals surface area (Å²) in [4.78, 5) is 2.29. The molecule has 2 heterocycles. The molecule has 0 saturated heterocycles. The van der Waals surface area contributed by atoms with Crippen molar-refractivity contribution in [2.45, 2.75) is 32.7 Å². The summed E-state index contributed by atoms with van der Waals surface area (Å²) in [6.07, 6.45) is 2.88. The van der Waals surface area contributed by atoms with Crippen molar-refractivity contribution in [1.82, 2.24) is 15.1 Å². The zero-order chi connectivity index (χ0) is 13.0. The third kappa shape index (κ3) is 3.47. The van der Waals surface area contributed by atoms with Gasteiger partial charge in [-0.1, -0.05) is 6.92 Å². The van der Waals surface area contributed by atoms with E-state index in [9.17, 15) is 0 Å². The number of aryl methyl sites for hydroxylation is 1. The fourth-order valence-corrected chi connectivity index (χ4v) is 2.02. The van der Waals surface area contributed by atoms with Crippen LogP contribution in [-0.4, -0.2) is 28.7 Å². The fraction of sp³-hybridized carbons (Fsp3) is 0.500. The van der Waals surface area contributed by atoms with Crippen LogP contribution in [0.5, 0.6) is 0 Å². The van der Waals surface area contributed by atoms with Crippen molar-refractivity contribution in [3.8, 4) is 0 Å². The fourth-order valence-electron chi connectivity index (χ4n) is 2.02. The van der Waals surface area contributed by atoms with Crippen LogP contribution in [0.15, 0.2) is 28.8 Å². The molecule has 2 rings (SSSR count). The largest absolute Gasteiger partial charge is 0.466 e. The molecule has 0 saturated carbocycles. The van der Waals surface area contributed by atoms with E-state index in [1.165, 1.54) is 0 Å². The van der Waals surface area contributed by atoms with Crippen LogP contribution in [0.1, 0.15) is 36.5 Å². The molecule has 0 aromatic carbocycles. The molecular formula is C14H21N3O. The van der Waals surface area contributed by atoms with E-state index in [0.29, 0.717) is 5.92 Å². The molecule has 0 spiro atoms. The van der Waals surface area contributed by atoms with Crippen molar-refractivity contribution < 1.29 is 4.42 Å². The number of H-pyrrole nitrogens is 1. The number of hydrogen-bond acceptors (Lipinski definition) is 3. The Balaban J connectivity index is 1.77. The molecule has 0 aliphatic carbocycles. The van der Waals surface area contributed by atoms with Gasteiger partial charge in [-0.3, -0.25) is 5.10 Å². The summed E-state index contributed by atoms with van der Waals surface area (Å²) in [7, 11) is 2.13. The van der Waals surface area contributed by atoms with E-state index in [1.54, 1.807) is 6.20 Å². The molecule has 2 aromatic rings. The van der Waals surface area contributed by atoms with Crippen LogP contribution in [0.3, 0.4) is 0 Å². The Hall–Kier alpha value is -1.55. The van der Waals surface area contributed by atoms with Crippen LogP contribution in [-0.2, 0) is 6.54 Å². The lowest BCUT2D eigenvalue weighted by Gasteiger charge is -2.17. The van der Waals surface area contributed by atoms with Crippen molar-refractivity contribution in [2.24, 2.45) is 0 Å². The van der Waals surface area contributed by atoms with E-state index in [0.717, 1.165) is 36.7 Å². The second-order valence-electron chi connectivity index (χ2n) is 4.96. The van der Waals surface area contributed by atoms with Gasteiger partial charge >= 0.3 is 0 Å². The average molecular weight is 247 g/mol. The summed E-state index contributed by atoms with van der Waals surface area (Å²) in [6, 6.07) is 6.12. The van der Waals surface area contributed by atoms with Gasteiger partial charge in [0.15, 0.2) is 0 Å². The van der Waals surface area contributed by atoms with Crippen molar-refractivity contribution in [3.05, 3.63) is 41.6 Å². The van der Waals surface area contributed by atoms with E-state index >= 15 is 0 Å². The van der Waals surface area contributed by atoms with Gasteiger partial charge in [0.05, 0.1) is 0 Å². The van der Waals surface area contributed by atoms with Gasteiger partial charge in [-0.15, -0.1) is 0 Å². The summed E-state index contributed by atoms with van der Waals surface area (Å²) < 4.78 is 5.65. The predicted octanol–water partition coefficient (Wildman–Crippen LogP) is 2.94. The molecule has 18 heavy (non-hydrogen) atoms. The monoisotopic (exact) mass is 247 g/mol. The van der Waals surface area contributed by atoms with Gasteiger partial charge in [-0.25, -0.2) is 0 Å². The first-order chi connectivity index (χ1) is 8.65. The zero-order valence-corrected chi connectivity index (χ0v) is 11.3. The lowest BCUT2D eigenvalue weighted by atomic mass is 10.1. The molecule has 1 N–H and O–H groups in total. The van der Waals surface area contributed by atoms with Gasteiger partial charge in [-0.05, 0) is 45.1 Å². The minimum absolute atomic E-state index is 0.461. The summed E-state index contributed by atoms with van der Waals surface area (Å²) in [5, 5.41) is 6.93. The van der Waals surface area contributed by atoms with Crippen molar-refractivity contribution in [1.29, 1.82) is 0 Å². The predicted molar refractivity (Wildman–Crippen MR) is 71.4 cm³/mol. The van der Waals surface area contributed by atoms with Gasteiger partial charge in [0, 0.05) is 24.4 Å². The molecule has 4 nitrogen and oxygen atoms in total. The highest BCUT2D eigenvalue weighted by atomic mass is 16.3. The average Bonchev–Trinajstić information content (AvgIpc) is 2.97. The summed E-state index contributed by atoms with van der Waals surface area (Å²) in [6.45, 7) is 6.15. The molecule has 0 bridgehead atoms. The van der Waals surface area contributed by atoms with E-state index < -0.39 is 0 Å². The molecule has 0 unspecified atom stereocenters. The summed E-state index contributed by atoms with van der Waals surface area (Å²) in [5.41, 5.74) is 1.15. The van der Waals surface area contributed by atoms with Crippen LogP contribution in [0.25, 0.3) is 0 Å². The van der Waals surface area contributed by atoms with Crippen LogP contribution in [0.4, 0.5) is 0 Å². The SMILES string of the molecule is Cc1ccc([C@@H](C)CCN(C)Cc2ccn[nH]2)o1. The molecule has 98 valence electrons. The zero-order valence-electron chi connectivity index (χ0n) is 11.3. The Morgan fingerprint density at radius 3 is 2.83 bits per heavy atom. The van der Waals surface area contributed by atoms with Crippen LogP contribution in [0, 0.1) is 6.92 Å². The Bertz CT molecular complexity index is 461. The molecule has 4 heteroatoms. The second kappa shape index (κ2) is 5.87. The molecule has 1 atom stereocenters. The van der Waals surface area contributed by atoms with Crippen molar-refractivity contribution in [2.75, 3.05) is 13.6 Å². The Morgan fingerprint density at radius 2 is 2.22 bits per heavy atom. The van der Waals surface area contributed by atoms with Crippen LogP contribution < -0.4 is 0 Å². The maximum Gasteiger partial charge on any atom is 0.107 e. The topological polar surface area (TPSA) is 45.1 Å². The first-order valence-electron chi connectivity index (χ1n) is 6.38. The molecular weight excluding hydrogens is 226 g/mol. The van der Waals surface area contributed by atoms with Gasteiger partial charge in [0.2, 0.25) is 0 Å². The third-order valence-corrected chi connectivity index (χ3v) is 3.19. The van der Waals surface area contributed by atoms with Crippen molar-refractivity contribution >= 4 is 0 Å². The molecule has 2 aromatic heterocycles. The smallest absolute Gasteiger partial charge is 0.107 e. The number of hydrogen-bond donors (Lipinski definition) is 1. The maximum absolute atomic E-state index is 5.65. The Labute approximate surface area is 108 Å². The minimum Gasteiger partial charge on any atom is -0.466 e. The Kier molecular flexibility index (Phi) is 4.20. The third-order valence-electron chi connectivity index (χ3n) is 3.19. The summed E-state index contributed by atoms with van der Waals surface area (Å²) in [5.74, 6) is 2.54. The highest BCUT2D eigenvalue weighted by molar-refractivity contribution is 5.09. The minimum atomic E-state index is 0.461. The van der Waals surface area contributed by atoms with Gasteiger partial charge in [0.1, 0.15) is 11.5 Å². The number of nitrogens with one attached hydrogen (secondary N) is 1. The van der Waals surface area contributed by atoms with Gasteiger partial charge < -0.3 is 9.32 Å². The quantitative estimate of drug-likeness (QED) is 0.853. The number of furan rings is 1. The van der Waals surface area contributed by atoms with E-state index in [1.807, 2.05) is 19.1 Å².